The molecule has 0 unspecified atom stereocenters. The molecule has 5 nitrogen and oxygen atoms in total. The highest BCUT2D eigenvalue weighted by molar-refractivity contribution is 5.79. The molecule has 1 amide bonds. The average molecular weight is 397 g/mol. The fraction of sp³-hybridized carbons (Fsp3) is 0.522. The maximum absolute atomic E-state index is 13.4. The molecule has 1 aromatic heterocycles. The average Bonchev–Trinajstić information content (AvgIpc) is 3.28. The maximum Gasteiger partial charge on any atom is 0.225 e. The Hall–Kier alpha value is -2.50. The second-order valence-electron chi connectivity index (χ2n) is 8.48. The summed E-state index contributed by atoms with van der Waals surface area (Å²) in [6, 6.07) is 6.49. The lowest BCUT2D eigenvalue weighted by molar-refractivity contribution is -0.136. The summed E-state index contributed by atoms with van der Waals surface area (Å²) in [6.45, 7) is 1.54. The lowest BCUT2D eigenvalue weighted by Gasteiger charge is -2.35. The number of amides is 1. The zero-order chi connectivity index (χ0) is 20.4. The van der Waals surface area contributed by atoms with E-state index in [9.17, 15) is 9.18 Å². The van der Waals surface area contributed by atoms with Gasteiger partial charge in [-0.05, 0) is 43.4 Å². The lowest BCUT2D eigenvalue weighted by Crippen LogP contribution is -2.42. The molecule has 4 rings (SSSR count). The van der Waals surface area contributed by atoms with Crippen molar-refractivity contribution >= 4 is 11.9 Å². The van der Waals surface area contributed by atoms with Gasteiger partial charge in [0.1, 0.15) is 5.82 Å². The van der Waals surface area contributed by atoms with Crippen LogP contribution in [-0.4, -0.2) is 48.0 Å². The van der Waals surface area contributed by atoms with Crippen LogP contribution in [0.1, 0.15) is 50.1 Å². The Balaban J connectivity index is 1.65. The summed E-state index contributed by atoms with van der Waals surface area (Å²) in [6.07, 6.45) is 8.20. The highest BCUT2D eigenvalue weighted by Crippen LogP contribution is 2.35. The number of anilines is 1. The number of carbonyl (C=O) groups is 1. The van der Waals surface area contributed by atoms with Gasteiger partial charge >= 0.3 is 0 Å². The molecule has 0 spiro atoms. The van der Waals surface area contributed by atoms with Crippen LogP contribution >= 0.6 is 0 Å². The smallest absolute Gasteiger partial charge is 0.225 e. The van der Waals surface area contributed by atoms with E-state index in [4.69, 9.17) is 4.98 Å². The molecule has 2 heterocycles. The van der Waals surface area contributed by atoms with E-state index in [0.29, 0.717) is 18.4 Å². The molecule has 154 valence electrons. The molecular formula is C23H29FN4O. The number of halogens is 1. The van der Waals surface area contributed by atoms with Gasteiger partial charge in [-0.1, -0.05) is 25.0 Å². The fourth-order valence-electron chi connectivity index (χ4n) is 4.60. The number of likely N-dealkylation sites (tertiary alicyclic amines) is 1. The molecule has 2 aliphatic rings. The number of benzene rings is 1. The molecule has 0 radical (unpaired) electrons. The predicted molar refractivity (Wildman–Crippen MR) is 112 cm³/mol. The summed E-state index contributed by atoms with van der Waals surface area (Å²) in [4.78, 5) is 26.3. The van der Waals surface area contributed by atoms with Crippen molar-refractivity contribution in [3.05, 3.63) is 42.0 Å². The summed E-state index contributed by atoms with van der Waals surface area (Å²) in [5.41, 5.74) is 2.79. The zero-order valence-corrected chi connectivity index (χ0v) is 17.3. The third kappa shape index (κ3) is 4.26. The predicted octanol–water partition coefficient (Wildman–Crippen LogP) is 4.24. The van der Waals surface area contributed by atoms with E-state index < -0.39 is 0 Å². The van der Waals surface area contributed by atoms with Crippen LogP contribution in [0.3, 0.4) is 0 Å². The molecule has 2 fully saturated rings. The minimum Gasteiger partial charge on any atom is -0.347 e. The zero-order valence-electron chi connectivity index (χ0n) is 17.3. The van der Waals surface area contributed by atoms with Gasteiger partial charge in [-0.25, -0.2) is 14.4 Å². The van der Waals surface area contributed by atoms with Crippen molar-refractivity contribution in [1.29, 1.82) is 0 Å². The van der Waals surface area contributed by atoms with Crippen molar-refractivity contribution in [1.82, 2.24) is 14.9 Å². The van der Waals surface area contributed by atoms with Crippen molar-refractivity contribution < 1.29 is 9.18 Å². The van der Waals surface area contributed by atoms with E-state index in [-0.39, 0.29) is 17.7 Å². The molecule has 1 aliphatic heterocycles. The first-order chi connectivity index (χ1) is 14.0. The van der Waals surface area contributed by atoms with Gasteiger partial charge in [-0.2, -0.15) is 0 Å². The Bertz CT molecular complexity index is 862. The molecule has 1 aliphatic carbocycles. The van der Waals surface area contributed by atoms with Crippen molar-refractivity contribution in [3.63, 3.8) is 0 Å². The van der Waals surface area contributed by atoms with Gasteiger partial charge in [0.25, 0.3) is 0 Å². The minimum absolute atomic E-state index is 0.163. The molecule has 1 saturated carbocycles. The summed E-state index contributed by atoms with van der Waals surface area (Å²) in [7, 11) is 3.85. The van der Waals surface area contributed by atoms with Crippen LogP contribution in [0.15, 0.2) is 30.5 Å². The third-order valence-corrected chi connectivity index (χ3v) is 6.18. The molecule has 0 N–H and O–H groups in total. The number of carbonyl (C=O) groups excluding carboxylic acids is 1. The SMILES string of the molecule is CN(C)c1ncc(-c2ccc(F)cc2)c([C@@H]2CCCN(C(=O)C3CCCC3)C2)n1. The number of aromatic nitrogens is 2. The second-order valence-corrected chi connectivity index (χ2v) is 8.48. The van der Waals surface area contributed by atoms with Crippen LogP contribution in [0.4, 0.5) is 10.3 Å². The van der Waals surface area contributed by atoms with Crippen LogP contribution < -0.4 is 4.90 Å². The minimum atomic E-state index is -0.257. The van der Waals surface area contributed by atoms with Gasteiger partial charge in [0.05, 0.1) is 5.69 Å². The quantitative estimate of drug-likeness (QED) is 0.775. The topological polar surface area (TPSA) is 49.3 Å². The van der Waals surface area contributed by atoms with E-state index in [2.05, 4.69) is 9.88 Å². The first-order valence-electron chi connectivity index (χ1n) is 10.6. The number of rotatable bonds is 4. The lowest BCUT2D eigenvalue weighted by atomic mass is 9.89. The first-order valence-corrected chi connectivity index (χ1v) is 10.6. The summed E-state index contributed by atoms with van der Waals surface area (Å²) >= 11 is 0. The van der Waals surface area contributed by atoms with Crippen molar-refractivity contribution in [2.24, 2.45) is 5.92 Å². The number of hydrogen-bond acceptors (Lipinski definition) is 4. The van der Waals surface area contributed by atoms with Crippen LogP contribution in [-0.2, 0) is 4.79 Å². The van der Waals surface area contributed by atoms with E-state index in [1.165, 1.54) is 25.0 Å². The highest BCUT2D eigenvalue weighted by Gasteiger charge is 2.32. The molecule has 0 bridgehead atoms. The summed E-state index contributed by atoms with van der Waals surface area (Å²) in [5.74, 6) is 1.08. The highest BCUT2D eigenvalue weighted by atomic mass is 19.1. The molecule has 29 heavy (non-hydrogen) atoms. The van der Waals surface area contributed by atoms with Crippen molar-refractivity contribution in [3.8, 4) is 11.1 Å². The van der Waals surface area contributed by atoms with Crippen LogP contribution in [0.25, 0.3) is 11.1 Å². The van der Waals surface area contributed by atoms with Gasteiger partial charge < -0.3 is 9.80 Å². The van der Waals surface area contributed by atoms with Gasteiger partial charge in [0, 0.05) is 50.8 Å². The van der Waals surface area contributed by atoms with Crippen LogP contribution in [0.5, 0.6) is 0 Å². The Morgan fingerprint density at radius 3 is 2.52 bits per heavy atom. The summed E-state index contributed by atoms with van der Waals surface area (Å²) in [5, 5.41) is 0. The third-order valence-electron chi connectivity index (χ3n) is 6.18. The molecule has 1 aromatic carbocycles. The van der Waals surface area contributed by atoms with Gasteiger partial charge in [0.15, 0.2) is 0 Å². The largest absolute Gasteiger partial charge is 0.347 e. The first kappa shape index (κ1) is 19.8. The van der Waals surface area contributed by atoms with Crippen LogP contribution in [0, 0.1) is 11.7 Å². The van der Waals surface area contributed by atoms with E-state index >= 15 is 0 Å². The Kier molecular flexibility index (Phi) is 5.79. The fourth-order valence-corrected chi connectivity index (χ4v) is 4.60. The number of piperidine rings is 1. The standard InChI is InChI=1S/C23H29FN4O/c1-27(2)23-25-14-20(16-9-11-19(24)12-10-16)21(26-23)18-8-5-13-28(15-18)22(29)17-6-3-4-7-17/h9-12,14,17-18H,3-8,13,15H2,1-2H3/t18-/m1/s1. The van der Waals surface area contributed by atoms with E-state index in [1.54, 1.807) is 12.1 Å². The Morgan fingerprint density at radius 1 is 1.10 bits per heavy atom. The normalized spacial score (nSPS) is 20.1. The summed E-state index contributed by atoms with van der Waals surface area (Å²) < 4.78 is 13.4. The van der Waals surface area contributed by atoms with E-state index in [0.717, 1.165) is 49.0 Å². The Morgan fingerprint density at radius 2 is 1.83 bits per heavy atom. The van der Waals surface area contributed by atoms with Gasteiger partial charge in [-0.15, -0.1) is 0 Å². The van der Waals surface area contributed by atoms with Crippen LogP contribution in [0.2, 0.25) is 0 Å². The van der Waals surface area contributed by atoms with E-state index in [1.807, 2.05) is 25.2 Å². The van der Waals surface area contributed by atoms with Crippen molar-refractivity contribution in [2.45, 2.75) is 44.4 Å². The number of hydrogen-bond donors (Lipinski definition) is 0. The Labute approximate surface area is 172 Å². The molecule has 2 aromatic rings. The maximum atomic E-state index is 13.4. The van der Waals surface area contributed by atoms with Gasteiger partial charge in [0.2, 0.25) is 11.9 Å². The molecule has 1 atom stereocenters. The van der Waals surface area contributed by atoms with Gasteiger partial charge in [-0.3, -0.25) is 4.79 Å². The van der Waals surface area contributed by atoms with Crippen molar-refractivity contribution in [2.75, 3.05) is 32.1 Å². The molecular weight excluding hydrogens is 367 g/mol. The molecule has 6 heteroatoms. The monoisotopic (exact) mass is 396 g/mol. The molecule has 1 saturated heterocycles. The number of nitrogens with zero attached hydrogens (tertiary/aromatic N) is 4. The second kappa shape index (κ2) is 8.47.